The highest BCUT2D eigenvalue weighted by Crippen LogP contribution is 2.25. The number of nitrogens with one attached hydrogen (secondary N) is 1. The summed E-state index contributed by atoms with van der Waals surface area (Å²) < 4.78 is 10.7. The molecule has 1 aliphatic rings. The zero-order valence-corrected chi connectivity index (χ0v) is 14.4. The number of benzene rings is 1. The SMILES string of the molecule is C=C1SCNC1C(=O)C=O.CCCCOc1ccccc1OC. The van der Waals surface area contributed by atoms with Gasteiger partial charge >= 0.3 is 0 Å². The van der Waals surface area contributed by atoms with Crippen molar-refractivity contribution in [1.29, 1.82) is 0 Å². The highest BCUT2D eigenvalue weighted by molar-refractivity contribution is 8.03. The maximum absolute atomic E-state index is 10.7. The van der Waals surface area contributed by atoms with E-state index < -0.39 is 11.8 Å². The van der Waals surface area contributed by atoms with E-state index in [2.05, 4.69) is 18.8 Å². The Labute approximate surface area is 141 Å². The molecule has 0 spiro atoms. The maximum Gasteiger partial charge on any atom is 0.217 e. The van der Waals surface area contributed by atoms with Crippen LogP contribution < -0.4 is 14.8 Å². The van der Waals surface area contributed by atoms with Crippen LogP contribution in [0.1, 0.15) is 19.8 Å². The molecule has 0 bridgehead atoms. The molecule has 2 rings (SSSR count). The standard InChI is InChI=1S/C11H16O2.C6H7NO2S/c1-3-4-9-13-11-8-6-5-7-10(11)12-2;1-4-6(5(9)2-8)7-3-10-4/h5-8H,3-4,9H2,1-2H3;2,6-7H,1,3H2. The second-order valence-electron chi connectivity index (χ2n) is 4.77. The van der Waals surface area contributed by atoms with E-state index in [1.807, 2.05) is 24.3 Å². The number of hydrogen-bond donors (Lipinski definition) is 1. The minimum Gasteiger partial charge on any atom is -0.493 e. The molecule has 1 N–H and O–H groups in total. The van der Waals surface area contributed by atoms with Gasteiger partial charge in [-0.2, -0.15) is 0 Å². The number of rotatable bonds is 7. The zero-order chi connectivity index (χ0) is 17.1. The van der Waals surface area contributed by atoms with Gasteiger partial charge in [-0.05, 0) is 18.6 Å². The molecule has 1 fully saturated rings. The van der Waals surface area contributed by atoms with E-state index >= 15 is 0 Å². The summed E-state index contributed by atoms with van der Waals surface area (Å²) >= 11 is 1.46. The average molecular weight is 337 g/mol. The van der Waals surface area contributed by atoms with Gasteiger partial charge in [0.2, 0.25) is 5.78 Å². The van der Waals surface area contributed by atoms with Gasteiger partial charge < -0.3 is 9.47 Å². The fourth-order valence-corrected chi connectivity index (χ4v) is 2.61. The van der Waals surface area contributed by atoms with Crippen molar-refractivity contribution in [2.24, 2.45) is 0 Å². The molecule has 1 heterocycles. The summed E-state index contributed by atoms with van der Waals surface area (Å²) in [6.45, 7) is 6.53. The molecule has 0 amide bonds. The molecule has 0 radical (unpaired) electrons. The van der Waals surface area contributed by atoms with Crippen LogP contribution in [0.25, 0.3) is 0 Å². The van der Waals surface area contributed by atoms with Crippen molar-refractivity contribution in [1.82, 2.24) is 5.32 Å². The van der Waals surface area contributed by atoms with Gasteiger partial charge in [-0.3, -0.25) is 14.9 Å². The van der Waals surface area contributed by atoms with E-state index in [0.29, 0.717) is 12.2 Å². The monoisotopic (exact) mass is 337 g/mol. The van der Waals surface area contributed by atoms with Crippen molar-refractivity contribution in [3.63, 3.8) is 0 Å². The van der Waals surface area contributed by atoms with Gasteiger partial charge in [0.25, 0.3) is 0 Å². The van der Waals surface area contributed by atoms with Gasteiger partial charge in [0, 0.05) is 10.8 Å². The minimum absolute atomic E-state index is 0.328. The molecule has 1 aromatic carbocycles. The Morgan fingerprint density at radius 3 is 2.65 bits per heavy atom. The summed E-state index contributed by atoms with van der Waals surface area (Å²) in [5.74, 6) is 1.87. The van der Waals surface area contributed by atoms with Crippen LogP contribution in [0.4, 0.5) is 0 Å². The van der Waals surface area contributed by atoms with Crippen molar-refractivity contribution in [3.8, 4) is 11.5 Å². The Kier molecular flexibility index (Phi) is 9.09. The first-order chi connectivity index (χ1) is 11.1. The number of aldehydes is 1. The lowest BCUT2D eigenvalue weighted by Gasteiger charge is -2.09. The van der Waals surface area contributed by atoms with Crippen molar-refractivity contribution < 1.29 is 19.1 Å². The number of carbonyl (C=O) groups excluding carboxylic acids is 2. The number of ketones is 1. The number of carbonyl (C=O) groups is 2. The second-order valence-corrected chi connectivity index (χ2v) is 5.87. The fourth-order valence-electron chi connectivity index (χ4n) is 1.81. The third-order valence-electron chi connectivity index (χ3n) is 3.09. The summed E-state index contributed by atoms with van der Waals surface area (Å²) in [5.41, 5.74) is 0. The van der Waals surface area contributed by atoms with Crippen LogP contribution in [0.15, 0.2) is 35.7 Å². The number of unbranched alkanes of at least 4 members (excludes halogenated alkanes) is 1. The van der Waals surface area contributed by atoms with E-state index in [4.69, 9.17) is 9.47 Å². The lowest BCUT2D eigenvalue weighted by atomic mass is 10.2. The molecule has 0 aromatic heterocycles. The van der Waals surface area contributed by atoms with Gasteiger partial charge in [0.1, 0.15) is 6.04 Å². The smallest absolute Gasteiger partial charge is 0.217 e. The maximum atomic E-state index is 10.7. The Bertz CT molecular complexity index is 533. The summed E-state index contributed by atoms with van der Waals surface area (Å²) in [4.78, 5) is 21.5. The molecule has 1 aromatic rings. The topological polar surface area (TPSA) is 64.6 Å². The van der Waals surface area contributed by atoms with E-state index in [-0.39, 0.29) is 0 Å². The van der Waals surface area contributed by atoms with Gasteiger partial charge in [-0.1, -0.05) is 32.1 Å². The number of methoxy groups -OCH3 is 1. The number of hydrogen-bond acceptors (Lipinski definition) is 6. The molecule has 126 valence electrons. The normalized spacial score (nSPS) is 16.3. The average Bonchev–Trinajstić information content (AvgIpc) is 3.01. The quantitative estimate of drug-likeness (QED) is 0.469. The van der Waals surface area contributed by atoms with Gasteiger partial charge in [-0.15, -0.1) is 11.8 Å². The van der Waals surface area contributed by atoms with Crippen LogP contribution in [0, 0.1) is 0 Å². The number of Topliss-reactive ketones (excluding diaryl/α,β-unsaturated/α-hetero) is 1. The molecule has 0 saturated carbocycles. The van der Waals surface area contributed by atoms with Crippen LogP contribution in [-0.4, -0.2) is 37.7 Å². The first kappa shape index (κ1) is 19.3. The highest BCUT2D eigenvalue weighted by atomic mass is 32.2. The first-order valence-electron chi connectivity index (χ1n) is 7.43. The van der Waals surface area contributed by atoms with Gasteiger partial charge in [-0.25, -0.2) is 0 Å². The van der Waals surface area contributed by atoms with E-state index in [0.717, 1.165) is 35.9 Å². The minimum atomic E-state index is -0.442. The molecule has 23 heavy (non-hydrogen) atoms. The van der Waals surface area contributed by atoms with Crippen molar-refractivity contribution in [3.05, 3.63) is 35.7 Å². The Balaban J connectivity index is 0.000000238. The van der Waals surface area contributed by atoms with Gasteiger partial charge in [0.15, 0.2) is 17.8 Å². The van der Waals surface area contributed by atoms with Crippen LogP contribution >= 0.6 is 11.8 Å². The predicted molar refractivity (Wildman–Crippen MR) is 93.0 cm³/mol. The third-order valence-corrected chi connectivity index (χ3v) is 4.01. The molecule has 1 unspecified atom stereocenters. The number of thioether (sulfide) groups is 1. The number of para-hydroxylation sites is 2. The Morgan fingerprint density at radius 2 is 2.13 bits per heavy atom. The van der Waals surface area contributed by atoms with Crippen molar-refractivity contribution in [2.75, 3.05) is 19.6 Å². The van der Waals surface area contributed by atoms with Crippen LogP contribution in [0.2, 0.25) is 0 Å². The summed E-state index contributed by atoms with van der Waals surface area (Å²) in [5, 5.41) is 2.84. The molecule has 6 heteroatoms. The van der Waals surface area contributed by atoms with Crippen LogP contribution in [0.3, 0.4) is 0 Å². The molecule has 1 atom stereocenters. The third kappa shape index (κ3) is 6.46. The van der Waals surface area contributed by atoms with E-state index in [1.54, 1.807) is 7.11 Å². The first-order valence-corrected chi connectivity index (χ1v) is 8.42. The lowest BCUT2D eigenvalue weighted by Crippen LogP contribution is -2.32. The van der Waals surface area contributed by atoms with Crippen molar-refractivity contribution >= 4 is 23.8 Å². The van der Waals surface area contributed by atoms with Crippen LogP contribution in [-0.2, 0) is 9.59 Å². The second kappa shape index (κ2) is 10.9. The predicted octanol–water partition coefficient (Wildman–Crippen LogP) is 2.80. The molecule has 1 saturated heterocycles. The Hall–Kier alpha value is -1.79. The Morgan fingerprint density at radius 1 is 1.43 bits per heavy atom. The lowest BCUT2D eigenvalue weighted by molar-refractivity contribution is -0.130. The molecule has 0 aliphatic carbocycles. The zero-order valence-electron chi connectivity index (χ0n) is 13.5. The van der Waals surface area contributed by atoms with E-state index in [1.165, 1.54) is 11.8 Å². The van der Waals surface area contributed by atoms with Crippen LogP contribution in [0.5, 0.6) is 11.5 Å². The van der Waals surface area contributed by atoms with Gasteiger partial charge in [0.05, 0.1) is 13.7 Å². The van der Waals surface area contributed by atoms with Crippen molar-refractivity contribution in [2.45, 2.75) is 25.8 Å². The molecule has 5 nitrogen and oxygen atoms in total. The largest absolute Gasteiger partial charge is 0.493 e. The summed E-state index contributed by atoms with van der Waals surface area (Å²) in [6.07, 6.45) is 2.56. The number of ether oxygens (including phenoxy) is 2. The summed E-state index contributed by atoms with van der Waals surface area (Å²) in [6, 6.07) is 7.27. The molecule has 1 aliphatic heterocycles. The molecular formula is C17H23NO4S. The summed E-state index contributed by atoms with van der Waals surface area (Å²) in [7, 11) is 1.65. The highest BCUT2D eigenvalue weighted by Gasteiger charge is 2.25. The molecular weight excluding hydrogens is 314 g/mol. The fraction of sp³-hybridized carbons (Fsp3) is 0.412. The van der Waals surface area contributed by atoms with E-state index in [9.17, 15) is 9.59 Å².